The summed E-state index contributed by atoms with van der Waals surface area (Å²) in [6, 6.07) is 3.58. The van der Waals surface area contributed by atoms with Gasteiger partial charge in [-0.25, -0.2) is 0 Å². The fraction of sp³-hybridized carbons (Fsp3) is 0.294. The van der Waals surface area contributed by atoms with Gasteiger partial charge >= 0.3 is 0 Å². The van der Waals surface area contributed by atoms with E-state index < -0.39 is 29.7 Å². The number of fused-ring (bicyclic) bond motifs is 1. The Bertz CT molecular complexity index is 818. The van der Waals surface area contributed by atoms with E-state index in [2.05, 4.69) is 17.2 Å². The zero-order valence-electron chi connectivity index (χ0n) is 12.9. The first kappa shape index (κ1) is 15.7. The maximum atomic E-state index is 12.6. The molecule has 24 heavy (non-hydrogen) atoms. The minimum absolute atomic E-state index is 0.0911. The van der Waals surface area contributed by atoms with Gasteiger partial charge < -0.3 is 4.74 Å². The second kappa shape index (κ2) is 6.16. The van der Waals surface area contributed by atoms with Crippen LogP contribution in [0.3, 0.4) is 0 Å². The Morgan fingerprint density at radius 2 is 1.96 bits per heavy atom. The van der Waals surface area contributed by atoms with Crippen LogP contribution in [0.4, 0.5) is 0 Å². The number of nitrogens with one attached hydrogen (secondary N) is 1. The summed E-state index contributed by atoms with van der Waals surface area (Å²) < 4.78 is 5.39. The molecular weight excluding hydrogens is 312 g/mol. The maximum absolute atomic E-state index is 12.6. The van der Waals surface area contributed by atoms with Crippen molar-refractivity contribution in [2.75, 3.05) is 6.61 Å². The van der Waals surface area contributed by atoms with Gasteiger partial charge in [-0.1, -0.05) is 5.92 Å². The van der Waals surface area contributed by atoms with Crippen molar-refractivity contribution >= 4 is 23.6 Å². The van der Waals surface area contributed by atoms with E-state index in [4.69, 9.17) is 4.74 Å². The molecule has 0 bridgehead atoms. The molecule has 2 aliphatic rings. The number of hydrogen-bond acceptors (Lipinski definition) is 5. The van der Waals surface area contributed by atoms with Gasteiger partial charge in [0.15, 0.2) is 0 Å². The lowest BCUT2D eigenvalue weighted by Gasteiger charge is -2.27. The molecule has 3 rings (SSSR count). The van der Waals surface area contributed by atoms with Crippen LogP contribution in [-0.4, -0.2) is 41.2 Å². The highest BCUT2D eigenvalue weighted by molar-refractivity contribution is 6.23. The highest BCUT2D eigenvalue weighted by atomic mass is 16.5. The minimum atomic E-state index is -0.967. The van der Waals surface area contributed by atoms with Gasteiger partial charge in [-0.15, -0.1) is 5.92 Å². The van der Waals surface area contributed by atoms with Crippen molar-refractivity contribution in [3.05, 3.63) is 29.3 Å². The van der Waals surface area contributed by atoms with Crippen LogP contribution in [0.1, 0.15) is 40.5 Å². The lowest BCUT2D eigenvalue weighted by Crippen LogP contribution is -2.54. The summed E-state index contributed by atoms with van der Waals surface area (Å²) in [6.45, 7) is 1.86. The first-order chi connectivity index (χ1) is 11.5. The number of ether oxygens (including phenoxy) is 1. The Hall–Kier alpha value is -3.14. The van der Waals surface area contributed by atoms with Gasteiger partial charge in [0.1, 0.15) is 18.4 Å². The van der Waals surface area contributed by atoms with Crippen LogP contribution >= 0.6 is 0 Å². The minimum Gasteiger partial charge on any atom is -0.481 e. The number of piperidine rings is 1. The molecular formula is C17H14N2O5. The molecule has 1 atom stereocenters. The monoisotopic (exact) mass is 326 g/mol. The number of carbonyl (C=O) groups excluding carboxylic acids is 4. The SMILES string of the molecule is CC#CCOc1ccc2c(c1)C(=O)N(C1CCC(=O)NC1=O)C2=O. The Labute approximate surface area is 138 Å². The Morgan fingerprint density at radius 1 is 1.21 bits per heavy atom. The molecule has 0 saturated carbocycles. The zero-order valence-corrected chi connectivity index (χ0v) is 12.9. The number of benzene rings is 1. The summed E-state index contributed by atoms with van der Waals surface area (Å²) in [5.74, 6) is 3.72. The van der Waals surface area contributed by atoms with Gasteiger partial charge in [-0.2, -0.15) is 0 Å². The molecule has 0 radical (unpaired) electrons. The highest BCUT2D eigenvalue weighted by Gasteiger charge is 2.44. The third-order valence-electron chi connectivity index (χ3n) is 3.90. The largest absolute Gasteiger partial charge is 0.481 e. The van der Waals surface area contributed by atoms with Gasteiger partial charge in [0.2, 0.25) is 11.8 Å². The third-order valence-corrected chi connectivity index (χ3v) is 3.90. The van der Waals surface area contributed by atoms with Gasteiger partial charge in [0.05, 0.1) is 11.1 Å². The van der Waals surface area contributed by atoms with Crippen LogP contribution < -0.4 is 10.1 Å². The second-order valence-electron chi connectivity index (χ2n) is 5.37. The van der Waals surface area contributed by atoms with Crippen molar-refractivity contribution in [1.82, 2.24) is 10.2 Å². The molecule has 1 fully saturated rings. The molecule has 7 nitrogen and oxygen atoms in total. The number of carbonyl (C=O) groups is 4. The Balaban J connectivity index is 1.86. The summed E-state index contributed by atoms with van der Waals surface area (Å²) >= 11 is 0. The number of rotatable bonds is 3. The lowest BCUT2D eigenvalue weighted by atomic mass is 10.0. The third kappa shape index (κ3) is 2.63. The molecule has 1 N–H and O–H groups in total. The number of imide groups is 2. The average molecular weight is 326 g/mol. The number of amides is 4. The average Bonchev–Trinajstić information content (AvgIpc) is 2.80. The Kier molecular flexibility index (Phi) is 4.04. The van der Waals surface area contributed by atoms with Crippen LogP contribution in [0.5, 0.6) is 5.75 Å². The summed E-state index contributed by atoms with van der Waals surface area (Å²) in [4.78, 5) is 49.2. The smallest absolute Gasteiger partial charge is 0.262 e. The van der Waals surface area contributed by atoms with Crippen molar-refractivity contribution < 1.29 is 23.9 Å². The predicted octanol–water partition coefficient (Wildman–Crippen LogP) is 0.490. The predicted molar refractivity (Wildman–Crippen MR) is 82.1 cm³/mol. The van der Waals surface area contributed by atoms with Crippen LogP contribution in [0.25, 0.3) is 0 Å². The first-order valence-electron chi connectivity index (χ1n) is 7.41. The molecule has 1 aromatic rings. The van der Waals surface area contributed by atoms with E-state index >= 15 is 0 Å². The van der Waals surface area contributed by atoms with Crippen LogP contribution in [0, 0.1) is 11.8 Å². The van der Waals surface area contributed by atoms with E-state index in [0.717, 1.165) is 4.90 Å². The van der Waals surface area contributed by atoms with Crippen molar-refractivity contribution in [2.24, 2.45) is 0 Å². The number of nitrogens with zero attached hydrogens (tertiary/aromatic N) is 1. The quantitative estimate of drug-likeness (QED) is 0.644. The molecule has 0 spiro atoms. The highest BCUT2D eigenvalue weighted by Crippen LogP contribution is 2.30. The van der Waals surface area contributed by atoms with Crippen molar-refractivity contribution in [2.45, 2.75) is 25.8 Å². The normalized spacial score (nSPS) is 19.5. The van der Waals surface area contributed by atoms with Crippen LogP contribution in [0.15, 0.2) is 18.2 Å². The molecule has 7 heteroatoms. The van der Waals surface area contributed by atoms with Crippen molar-refractivity contribution in [3.63, 3.8) is 0 Å². The van der Waals surface area contributed by atoms with Crippen LogP contribution in [-0.2, 0) is 9.59 Å². The van der Waals surface area contributed by atoms with Gasteiger partial charge in [0.25, 0.3) is 11.8 Å². The molecule has 0 aromatic heterocycles. The van der Waals surface area contributed by atoms with Gasteiger partial charge in [0, 0.05) is 6.42 Å². The molecule has 1 saturated heterocycles. The maximum Gasteiger partial charge on any atom is 0.262 e. The first-order valence-corrected chi connectivity index (χ1v) is 7.41. The molecule has 4 amide bonds. The van der Waals surface area contributed by atoms with E-state index in [0.29, 0.717) is 5.75 Å². The zero-order chi connectivity index (χ0) is 17.3. The Morgan fingerprint density at radius 3 is 2.67 bits per heavy atom. The van der Waals surface area contributed by atoms with Crippen LogP contribution in [0.2, 0.25) is 0 Å². The van der Waals surface area contributed by atoms with E-state index in [1.54, 1.807) is 13.0 Å². The number of hydrogen-bond donors (Lipinski definition) is 1. The van der Waals surface area contributed by atoms with E-state index in [-0.39, 0.29) is 30.6 Å². The molecule has 1 aromatic carbocycles. The summed E-state index contributed by atoms with van der Waals surface area (Å²) in [7, 11) is 0. The summed E-state index contributed by atoms with van der Waals surface area (Å²) in [5, 5.41) is 2.16. The van der Waals surface area contributed by atoms with Gasteiger partial charge in [-0.3, -0.25) is 29.4 Å². The molecule has 122 valence electrons. The van der Waals surface area contributed by atoms with E-state index in [1.807, 2.05) is 0 Å². The molecule has 2 heterocycles. The topological polar surface area (TPSA) is 92.8 Å². The van der Waals surface area contributed by atoms with E-state index in [9.17, 15) is 19.2 Å². The van der Waals surface area contributed by atoms with Gasteiger partial charge in [-0.05, 0) is 31.5 Å². The summed E-state index contributed by atoms with van der Waals surface area (Å²) in [6.07, 6.45) is 0.222. The summed E-state index contributed by atoms with van der Waals surface area (Å²) in [5.41, 5.74) is 0.408. The van der Waals surface area contributed by atoms with Crippen molar-refractivity contribution in [3.8, 4) is 17.6 Å². The molecule has 0 aliphatic carbocycles. The fourth-order valence-electron chi connectivity index (χ4n) is 2.73. The van der Waals surface area contributed by atoms with Crippen molar-refractivity contribution in [1.29, 1.82) is 0 Å². The molecule has 2 aliphatic heterocycles. The second-order valence-corrected chi connectivity index (χ2v) is 5.37. The molecule has 1 unspecified atom stereocenters. The van der Waals surface area contributed by atoms with E-state index in [1.165, 1.54) is 12.1 Å². The lowest BCUT2D eigenvalue weighted by molar-refractivity contribution is -0.136. The standard InChI is InChI=1S/C17H14N2O5/c1-2-3-8-24-10-4-5-11-12(9-10)17(23)19(16(11)22)13-6-7-14(20)18-15(13)21/h4-5,9,13H,6-8H2,1H3,(H,18,20,21). The fourth-order valence-corrected chi connectivity index (χ4v) is 2.73.